The van der Waals surface area contributed by atoms with Crippen molar-refractivity contribution < 1.29 is 13.5 Å². The van der Waals surface area contributed by atoms with E-state index < -0.39 is 10.0 Å². The number of hydrogen-bond donors (Lipinski definition) is 3. The van der Waals surface area contributed by atoms with Crippen LogP contribution >= 0.6 is 24.0 Å². The average Bonchev–Trinajstić information content (AvgIpc) is 3.09. The third-order valence-electron chi connectivity index (χ3n) is 5.18. The molecule has 1 aromatic rings. The van der Waals surface area contributed by atoms with E-state index in [-0.39, 0.29) is 48.4 Å². The van der Waals surface area contributed by atoms with Crippen LogP contribution in [0.25, 0.3) is 0 Å². The highest BCUT2D eigenvalue weighted by Gasteiger charge is 2.28. The van der Waals surface area contributed by atoms with Gasteiger partial charge in [-0.2, -0.15) is 0 Å². The zero-order chi connectivity index (χ0) is 19.3. The van der Waals surface area contributed by atoms with E-state index in [9.17, 15) is 13.5 Å². The highest BCUT2D eigenvalue weighted by Crippen LogP contribution is 2.29. The quantitative estimate of drug-likeness (QED) is 0.301. The van der Waals surface area contributed by atoms with Gasteiger partial charge in [0.25, 0.3) is 0 Å². The third kappa shape index (κ3) is 5.96. The summed E-state index contributed by atoms with van der Waals surface area (Å²) in [7, 11) is -3.39. The number of nitrogens with zero attached hydrogens (tertiary/aromatic N) is 2. The van der Waals surface area contributed by atoms with E-state index in [1.54, 1.807) is 0 Å². The van der Waals surface area contributed by atoms with Gasteiger partial charge in [-0.05, 0) is 50.7 Å². The summed E-state index contributed by atoms with van der Waals surface area (Å²) in [5.74, 6) is 0.636. The molecule has 3 N–H and O–H groups in total. The van der Waals surface area contributed by atoms with Crippen molar-refractivity contribution >= 4 is 45.6 Å². The Balaban J connectivity index is 0.00000280. The van der Waals surface area contributed by atoms with Crippen LogP contribution in [-0.2, 0) is 16.4 Å². The number of fused-ring (bicyclic) bond motifs is 1. The number of benzene rings is 1. The number of guanidine groups is 1. The first kappa shape index (κ1) is 23.2. The second-order valence-electron chi connectivity index (χ2n) is 7.18. The molecule has 1 aliphatic carbocycles. The second-order valence-corrected chi connectivity index (χ2v) is 9.19. The number of halogens is 1. The van der Waals surface area contributed by atoms with Gasteiger partial charge in [0.2, 0.25) is 10.0 Å². The van der Waals surface area contributed by atoms with Crippen molar-refractivity contribution in [3.63, 3.8) is 0 Å². The average molecular weight is 522 g/mol. The first-order chi connectivity index (χ1) is 13.0. The molecular weight excluding hydrogens is 491 g/mol. The lowest BCUT2D eigenvalue weighted by atomic mass is 9.93. The Hall–Kier alpha value is -1.07. The summed E-state index contributed by atoms with van der Waals surface area (Å²) in [5.41, 5.74) is 1.88. The number of anilines is 1. The monoisotopic (exact) mass is 522 g/mol. The topological polar surface area (TPSA) is 94.0 Å². The van der Waals surface area contributed by atoms with E-state index in [0.717, 1.165) is 43.4 Å². The van der Waals surface area contributed by atoms with Crippen molar-refractivity contribution in [2.45, 2.75) is 51.2 Å². The summed E-state index contributed by atoms with van der Waals surface area (Å²) < 4.78 is 27.0. The predicted octanol–water partition coefficient (Wildman–Crippen LogP) is 1.86. The van der Waals surface area contributed by atoms with Crippen LogP contribution in [-0.4, -0.2) is 57.0 Å². The van der Waals surface area contributed by atoms with E-state index in [4.69, 9.17) is 0 Å². The Bertz CT molecular complexity index is 764. The lowest BCUT2D eigenvalue weighted by Gasteiger charge is -2.27. The van der Waals surface area contributed by atoms with Gasteiger partial charge in [-0.25, -0.2) is 8.42 Å². The Morgan fingerprint density at radius 2 is 1.96 bits per heavy atom. The molecule has 0 atom stereocenters. The standard InChI is InChI=1S/C19H30N4O3S.HI/c1-2-20-19(22-16-7-9-17(24)10-8-16)21-12-14-27(25,26)23-13-11-15-5-3-4-6-18(15)23;/h3-6,16-17,24H,2,7-14H2,1H3,(H2,20,21,22);1H. The molecule has 1 aliphatic heterocycles. The molecule has 0 spiro atoms. The number of aliphatic hydroxyl groups is 1. The third-order valence-corrected chi connectivity index (χ3v) is 6.93. The summed E-state index contributed by atoms with van der Waals surface area (Å²) in [6.45, 7) is 3.42. The van der Waals surface area contributed by atoms with Crippen molar-refractivity contribution in [1.82, 2.24) is 10.6 Å². The predicted molar refractivity (Wildman–Crippen MR) is 124 cm³/mol. The van der Waals surface area contributed by atoms with Crippen molar-refractivity contribution in [3.05, 3.63) is 29.8 Å². The fourth-order valence-corrected chi connectivity index (χ4v) is 5.10. The molecule has 0 saturated heterocycles. The molecule has 158 valence electrons. The van der Waals surface area contributed by atoms with Crippen molar-refractivity contribution in [3.8, 4) is 0 Å². The van der Waals surface area contributed by atoms with Gasteiger partial charge in [-0.15, -0.1) is 24.0 Å². The first-order valence-electron chi connectivity index (χ1n) is 9.81. The summed E-state index contributed by atoms with van der Waals surface area (Å²) >= 11 is 0. The minimum atomic E-state index is -3.39. The van der Waals surface area contributed by atoms with Gasteiger partial charge in [-0.1, -0.05) is 18.2 Å². The maximum Gasteiger partial charge on any atom is 0.237 e. The Labute approximate surface area is 185 Å². The number of hydrogen-bond acceptors (Lipinski definition) is 4. The molecule has 0 radical (unpaired) electrons. The molecule has 3 rings (SSSR count). The lowest BCUT2D eigenvalue weighted by Crippen LogP contribution is -2.45. The molecule has 0 bridgehead atoms. The van der Waals surface area contributed by atoms with Gasteiger partial charge in [0, 0.05) is 19.1 Å². The summed E-state index contributed by atoms with van der Waals surface area (Å²) in [6, 6.07) is 7.94. The van der Waals surface area contributed by atoms with E-state index in [2.05, 4.69) is 15.6 Å². The van der Waals surface area contributed by atoms with Gasteiger partial charge in [-0.3, -0.25) is 9.30 Å². The van der Waals surface area contributed by atoms with Crippen molar-refractivity contribution in [2.75, 3.05) is 29.7 Å². The van der Waals surface area contributed by atoms with E-state index in [0.29, 0.717) is 19.0 Å². The molecule has 0 unspecified atom stereocenters. The van der Waals surface area contributed by atoms with Gasteiger partial charge >= 0.3 is 0 Å². The maximum absolute atomic E-state index is 12.7. The number of nitrogens with one attached hydrogen (secondary N) is 2. The Kier molecular flexibility index (Phi) is 8.81. The maximum atomic E-state index is 12.7. The normalized spacial score (nSPS) is 22.4. The highest BCUT2D eigenvalue weighted by atomic mass is 127. The largest absolute Gasteiger partial charge is 0.393 e. The molecule has 28 heavy (non-hydrogen) atoms. The van der Waals surface area contributed by atoms with Crippen LogP contribution in [0.4, 0.5) is 5.69 Å². The van der Waals surface area contributed by atoms with Gasteiger partial charge < -0.3 is 15.7 Å². The summed E-state index contributed by atoms with van der Waals surface area (Å²) in [6.07, 6.45) is 3.94. The van der Waals surface area contributed by atoms with Crippen LogP contribution in [0.5, 0.6) is 0 Å². The van der Waals surface area contributed by atoms with E-state index >= 15 is 0 Å². The minimum Gasteiger partial charge on any atom is -0.393 e. The van der Waals surface area contributed by atoms with Crippen LogP contribution in [0.15, 0.2) is 29.3 Å². The SMILES string of the molecule is CCNC(=NCCS(=O)(=O)N1CCc2ccccc21)NC1CCC(O)CC1.I. The second kappa shape index (κ2) is 10.6. The Morgan fingerprint density at radius 3 is 2.68 bits per heavy atom. The molecule has 1 heterocycles. The Morgan fingerprint density at radius 1 is 1.25 bits per heavy atom. The van der Waals surface area contributed by atoms with Crippen LogP contribution < -0.4 is 14.9 Å². The van der Waals surface area contributed by atoms with E-state index in [1.165, 1.54) is 4.31 Å². The van der Waals surface area contributed by atoms with Crippen LogP contribution in [0, 0.1) is 0 Å². The smallest absolute Gasteiger partial charge is 0.237 e. The van der Waals surface area contributed by atoms with Crippen LogP contribution in [0.1, 0.15) is 38.2 Å². The fraction of sp³-hybridized carbons (Fsp3) is 0.632. The number of rotatable bonds is 6. The summed E-state index contributed by atoms with van der Waals surface area (Å²) in [4.78, 5) is 4.47. The molecule has 1 fully saturated rings. The fourth-order valence-electron chi connectivity index (χ4n) is 3.71. The zero-order valence-electron chi connectivity index (χ0n) is 16.3. The first-order valence-corrected chi connectivity index (χ1v) is 11.4. The van der Waals surface area contributed by atoms with Gasteiger partial charge in [0.1, 0.15) is 0 Å². The molecule has 1 saturated carbocycles. The number of aliphatic imine (C=N–C) groups is 1. The molecular formula is C19H31IN4O3S. The van der Waals surface area contributed by atoms with Crippen molar-refractivity contribution in [2.24, 2.45) is 4.99 Å². The van der Waals surface area contributed by atoms with Crippen LogP contribution in [0.3, 0.4) is 0 Å². The van der Waals surface area contributed by atoms with Crippen molar-refractivity contribution in [1.29, 1.82) is 0 Å². The van der Waals surface area contributed by atoms with Gasteiger partial charge in [0.05, 0.1) is 24.1 Å². The van der Waals surface area contributed by atoms with Crippen LogP contribution in [0.2, 0.25) is 0 Å². The number of para-hydroxylation sites is 1. The molecule has 7 nitrogen and oxygen atoms in total. The number of sulfonamides is 1. The van der Waals surface area contributed by atoms with E-state index in [1.807, 2.05) is 31.2 Å². The number of aliphatic hydroxyl groups excluding tert-OH is 1. The van der Waals surface area contributed by atoms with Gasteiger partial charge in [0.15, 0.2) is 5.96 Å². The summed E-state index contributed by atoms with van der Waals surface area (Å²) in [5, 5.41) is 16.2. The minimum absolute atomic E-state index is 0. The molecule has 1 aromatic carbocycles. The molecule has 9 heteroatoms. The highest BCUT2D eigenvalue weighted by molar-refractivity contribution is 14.0. The molecule has 2 aliphatic rings. The molecule has 0 amide bonds. The lowest BCUT2D eigenvalue weighted by molar-refractivity contribution is 0.120. The zero-order valence-corrected chi connectivity index (χ0v) is 19.4. The molecule has 0 aromatic heterocycles.